The zero-order valence-corrected chi connectivity index (χ0v) is 12.2. The van der Waals surface area contributed by atoms with E-state index in [1.54, 1.807) is 37.0 Å². The summed E-state index contributed by atoms with van der Waals surface area (Å²) in [7, 11) is 1.73. The van der Waals surface area contributed by atoms with E-state index in [1.165, 1.54) is 0 Å². The summed E-state index contributed by atoms with van der Waals surface area (Å²) in [5.41, 5.74) is 2.30. The van der Waals surface area contributed by atoms with Crippen LogP contribution in [-0.4, -0.2) is 26.5 Å². The average Bonchev–Trinajstić information content (AvgIpc) is 2.67. The Bertz CT molecular complexity index is 687. The molecule has 110 valence electrons. The largest absolute Gasteiger partial charge is 0.478 e. The third-order valence-corrected chi connectivity index (χ3v) is 3.22. The highest BCUT2D eigenvalue weighted by atomic mass is 16.4. The van der Waals surface area contributed by atoms with E-state index >= 15 is 0 Å². The molecule has 2 rings (SSSR count). The van der Waals surface area contributed by atoms with Gasteiger partial charge in [-0.1, -0.05) is 6.07 Å². The van der Waals surface area contributed by atoms with Crippen molar-refractivity contribution in [2.75, 3.05) is 5.32 Å². The highest BCUT2D eigenvalue weighted by Crippen LogP contribution is 2.17. The molecule has 0 spiro atoms. The van der Waals surface area contributed by atoms with E-state index in [0.29, 0.717) is 17.1 Å². The van der Waals surface area contributed by atoms with Gasteiger partial charge in [0.25, 0.3) is 0 Å². The number of aromatic nitrogens is 2. The molecule has 6 heteroatoms. The molecular weight excluding hydrogens is 270 g/mol. The number of amides is 1. The fourth-order valence-corrected chi connectivity index (χ4v) is 2.22. The Morgan fingerprint density at radius 3 is 2.62 bits per heavy atom. The molecule has 0 aliphatic heterocycles. The first kappa shape index (κ1) is 14.8. The standard InChI is InChI=1S/C15H17N3O3/c1-9-4-5-12(16-7-9)17-13(19)6-11-14(15(20)21)10(2)8-18(11)3/h4-5,7-8H,6H2,1-3H3,(H,20,21)(H,16,17,19). The van der Waals surface area contributed by atoms with E-state index < -0.39 is 5.97 Å². The van der Waals surface area contributed by atoms with Crippen LogP contribution in [0.25, 0.3) is 0 Å². The molecule has 0 saturated heterocycles. The lowest BCUT2D eigenvalue weighted by Crippen LogP contribution is -2.18. The van der Waals surface area contributed by atoms with Gasteiger partial charge in [-0.05, 0) is 31.0 Å². The van der Waals surface area contributed by atoms with Crippen LogP contribution >= 0.6 is 0 Å². The molecule has 0 aliphatic rings. The number of rotatable bonds is 4. The second-order valence-electron chi connectivity index (χ2n) is 5.00. The van der Waals surface area contributed by atoms with Crippen molar-refractivity contribution in [2.45, 2.75) is 20.3 Å². The monoisotopic (exact) mass is 287 g/mol. The molecule has 0 fully saturated rings. The number of carboxylic acids is 1. The van der Waals surface area contributed by atoms with Crippen molar-refractivity contribution in [3.8, 4) is 0 Å². The fourth-order valence-electron chi connectivity index (χ4n) is 2.22. The number of hydrogen-bond acceptors (Lipinski definition) is 3. The van der Waals surface area contributed by atoms with Crippen LogP contribution in [0.4, 0.5) is 5.82 Å². The van der Waals surface area contributed by atoms with Crippen molar-refractivity contribution >= 4 is 17.7 Å². The van der Waals surface area contributed by atoms with E-state index in [1.807, 2.05) is 13.0 Å². The van der Waals surface area contributed by atoms with Gasteiger partial charge in [0.15, 0.2) is 0 Å². The van der Waals surface area contributed by atoms with E-state index in [4.69, 9.17) is 0 Å². The Morgan fingerprint density at radius 1 is 1.33 bits per heavy atom. The third-order valence-electron chi connectivity index (χ3n) is 3.22. The minimum absolute atomic E-state index is 0.0124. The minimum atomic E-state index is -1.02. The molecule has 0 radical (unpaired) electrons. The first-order valence-electron chi connectivity index (χ1n) is 6.49. The number of pyridine rings is 1. The summed E-state index contributed by atoms with van der Waals surface area (Å²) in [5.74, 6) is -0.868. The zero-order chi connectivity index (χ0) is 15.6. The van der Waals surface area contributed by atoms with Gasteiger partial charge in [-0.2, -0.15) is 0 Å². The average molecular weight is 287 g/mol. The summed E-state index contributed by atoms with van der Waals surface area (Å²) in [5, 5.41) is 11.9. The van der Waals surface area contributed by atoms with Gasteiger partial charge in [-0.25, -0.2) is 9.78 Å². The van der Waals surface area contributed by atoms with Crippen LogP contribution < -0.4 is 5.32 Å². The lowest BCUT2D eigenvalue weighted by Gasteiger charge is -2.07. The first-order valence-corrected chi connectivity index (χ1v) is 6.49. The summed E-state index contributed by atoms with van der Waals surface area (Å²) in [6, 6.07) is 3.56. The van der Waals surface area contributed by atoms with Gasteiger partial charge in [0.2, 0.25) is 5.91 Å². The summed E-state index contributed by atoms with van der Waals surface area (Å²) in [4.78, 5) is 27.4. The van der Waals surface area contributed by atoms with Gasteiger partial charge in [-0.15, -0.1) is 0 Å². The van der Waals surface area contributed by atoms with Gasteiger partial charge in [0.1, 0.15) is 5.82 Å². The van der Waals surface area contributed by atoms with Crippen molar-refractivity contribution in [2.24, 2.45) is 7.05 Å². The second kappa shape index (κ2) is 5.78. The maximum Gasteiger partial charge on any atom is 0.337 e. The van der Waals surface area contributed by atoms with Gasteiger partial charge in [0.05, 0.1) is 12.0 Å². The molecular formula is C15H17N3O3. The van der Waals surface area contributed by atoms with Crippen molar-refractivity contribution < 1.29 is 14.7 Å². The van der Waals surface area contributed by atoms with Crippen molar-refractivity contribution in [1.82, 2.24) is 9.55 Å². The molecule has 2 heterocycles. The number of nitrogens with one attached hydrogen (secondary N) is 1. The SMILES string of the molecule is Cc1ccc(NC(=O)Cc2c(C(=O)O)c(C)cn2C)nc1. The van der Waals surface area contributed by atoms with Gasteiger partial charge < -0.3 is 15.0 Å². The number of carbonyl (C=O) groups excluding carboxylic acids is 1. The Morgan fingerprint density at radius 2 is 2.05 bits per heavy atom. The maximum absolute atomic E-state index is 12.0. The smallest absolute Gasteiger partial charge is 0.337 e. The number of hydrogen-bond donors (Lipinski definition) is 2. The number of aromatic carboxylic acids is 1. The molecule has 0 bridgehead atoms. The first-order chi connectivity index (χ1) is 9.88. The lowest BCUT2D eigenvalue weighted by atomic mass is 10.1. The van der Waals surface area contributed by atoms with Crippen LogP contribution in [0.5, 0.6) is 0 Å². The number of carboxylic acid groups (broad SMARTS) is 1. The van der Waals surface area contributed by atoms with Crippen LogP contribution in [0.15, 0.2) is 24.5 Å². The van der Waals surface area contributed by atoms with Crippen LogP contribution in [0, 0.1) is 13.8 Å². The van der Waals surface area contributed by atoms with Crippen molar-refractivity contribution in [1.29, 1.82) is 0 Å². The molecule has 2 N–H and O–H groups in total. The van der Waals surface area contributed by atoms with Crippen LogP contribution in [0.3, 0.4) is 0 Å². The zero-order valence-electron chi connectivity index (χ0n) is 12.2. The quantitative estimate of drug-likeness (QED) is 0.899. The normalized spacial score (nSPS) is 10.4. The molecule has 6 nitrogen and oxygen atoms in total. The Labute approximate surface area is 122 Å². The van der Waals surface area contributed by atoms with Crippen molar-refractivity contribution in [3.05, 3.63) is 46.9 Å². The predicted molar refractivity (Wildman–Crippen MR) is 78.4 cm³/mol. The van der Waals surface area contributed by atoms with Gasteiger partial charge in [-0.3, -0.25) is 4.79 Å². The summed E-state index contributed by atoms with van der Waals surface area (Å²) >= 11 is 0. The number of aryl methyl sites for hydroxylation is 3. The highest BCUT2D eigenvalue weighted by molar-refractivity contribution is 5.96. The Hall–Kier alpha value is -2.63. The fraction of sp³-hybridized carbons (Fsp3) is 0.267. The molecule has 2 aromatic heterocycles. The molecule has 0 atom stereocenters. The topological polar surface area (TPSA) is 84.2 Å². The molecule has 2 aromatic rings. The molecule has 0 aliphatic carbocycles. The van der Waals surface area contributed by atoms with E-state index in [9.17, 15) is 14.7 Å². The predicted octanol–water partition coefficient (Wildman–Crippen LogP) is 1.92. The number of nitrogens with zero attached hydrogens (tertiary/aromatic N) is 2. The lowest BCUT2D eigenvalue weighted by molar-refractivity contribution is -0.115. The second-order valence-corrected chi connectivity index (χ2v) is 5.00. The van der Waals surface area contributed by atoms with Crippen molar-refractivity contribution in [3.63, 3.8) is 0 Å². The van der Waals surface area contributed by atoms with Crippen LogP contribution in [0.2, 0.25) is 0 Å². The Balaban J connectivity index is 2.16. The van der Waals surface area contributed by atoms with E-state index in [-0.39, 0.29) is 17.9 Å². The highest BCUT2D eigenvalue weighted by Gasteiger charge is 2.20. The Kier molecular flexibility index (Phi) is 4.07. The van der Waals surface area contributed by atoms with Gasteiger partial charge >= 0.3 is 5.97 Å². The molecule has 0 saturated carbocycles. The summed E-state index contributed by atoms with van der Waals surface area (Å²) < 4.78 is 1.67. The number of anilines is 1. The third kappa shape index (κ3) is 3.28. The summed E-state index contributed by atoms with van der Waals surface area (Å²) in [6.07, 6.45) is 3.35. The minimum Gasteiger partial charge on any atom is -0.478 e. The maximum atomic E-state index is 12.0. The molecule has 0 aromatic carbocycles. The van der Waals surface area contributed by atoms with E-state index in [0.717, 1.165) is 5.56 Å². The van der Waals surface area contributed by atoms with E-state index in [2.05, 4.69) is 10.3 Å². The van der Waals surface area contributed by atoms with Gasteiger partial charge in [0, 0.05) is 25.1 Å². The summed E-state index contributed by atoms with van der Waals surface area (Å²) in [6.45, 7) is 3.62. The van der Waals surface area contributed by atoms with Crippen LogP contribution in [-0.2, 0) is 18.3 Å². The van der Waals surface area contributed by atoms with Crippen LogP contribution in [0.1, 0.15) is 27.2 Å². The number of carbonyl (C=O) groups is 2. The molecule has 21 heavy (non-hydrogen) atoms. The molecule has 0 unspecified atom stereocenters. The molecule has 1 amide bonds.